The number of rotatable bonds is 5. The van der Waals surface area contributed by atoms with Gasteiger partial charge >= 0.3 is 5.51 Å². The van der Waals surface area contributed by atoms with E-state index in [0.717, 1.165) is 0 Å². The van der Waals surface area contributed by atoms with Crippen LogP contribution in [0.3, 0.4) is 0 Å². The number of aryl methyl sites for hydroxylation is 1. The number of pyridine rings is 1. The fourth-order valence-electron chi connectivity index (χ4n) is 1.99. The topological polar surface area (TPSA) is 73.9 Å². The van der Waals surface area contributed by atoms with Gasteiger partial charge in [-0.2, -0.15) is 13.2 Å². The Kier molecular flexibility index (Phi) is 6.04. The molecular weight excluding hydrogens is 373 g/mol. The molecule has 2 N–H and O–H groups in total. The lowest BCUT2D eigenvalue weighted by molar-refractivity contribution is -0.0329. The van der Waals surface area contributed by atoms with Crippen molar-refractivity contribution in [1.82, 2.24) is 15.0 Å². The highest BCUT2D eigenvalue weighted by Gasteiger charge is 2.32. The number of thioether (sulfide) groups is 1. The molecular formula is C15H17F3N4OS2. The number of nitrogens with zero attached hydrogens (tertiary/aromatic N) is 3. The highest BCUT2D eigenvalue weighted by Crippen LogP contribution is 2.45. The monoisotopic (exact) mass is 390 g/mol. The van der Waals surface area contributed by atoms with Crippen molar-refractivity contribution in [1.29, 1.82) is 0 Å². The summed E-state index contributed by atoms with van der Waals surface area (Å²) < 4.78 is 43.5. The number of anilines is 1. The quantitative estimate of drug-likeness (QED) is 0.745. The summed E-state index contributed by atoms with van der Waals surface area (Å²) >= 11 is 0.929. The lowest BCUT2D eigenvalue weighted by Crippen LogP contribution is -2.05. The van der Waals surface area contributed by atoms with Gasteiger partial charge in [-0.3, -0.25) is 0 Å². The molecule has 2 heterocycles. The van der Waals surface area contributed by atoms with E-state index in [0.29, 0.717) is 21.3 Å². The van der Waals surface area contributed by atoms with Gasteiger partial charge < -0.3 is 10.5 Å². The number of nitrogen functional groups attached to an aromatic ring is 1. The third kappa shape index (κ3) is 5.15. The molecule has 0 bridgehead atoms. The van der Waals surface area contributed by atoms with E-state index in [4.69, 9.17) is 10.5 Å². The molecule has 0 fully saturated rings. The van der Waals surface area contributed by atoms with Gasteiger partial charge in [0.25, 0.3) is 0 Å². The second-order valence-electron chi connectivity index (χ2n) is 5.35. The van der Waals surface area contributed by atoms with Crippen LogP contribution >= 0.6 is 23.5 Å². The van der Waals surface area contributed by atoms with Gasteiger partial charge in [-0.1, -0.05) is 25.6 Å². The normalized spacial score (nSPS) is 11.8. The van der Waals surface area contributed by atoms with Gasteiger partial charge in [0.05, 0.1) is 22.6 Å². The minimum absolute atomic E-state index is 0.0195. The van der Waals surface area contributed by atoms with Crippen LogP contribution < -0.4 is 10.5 Å². The smallest absolute Gasteiger partial charge is 0.446 e. The summed E-state index contributed by atoms with van der Waals surface area (Å²) in [5.74, 6) is 0.720. The van der Waals surface area contributed by atoms with E-state index >= 15 is 0 Å². The Bertz CT molecular complexity index is 769. The molecule has 0 saturated heterocycles. The van der Waals surface area contributed by atoms with Crippen molar-refractivity contribution < 1.29 is 17.9 Å². The van der Waals surface area contributed by atoms with Gasteiger partial charge in [0, 0.05) is 11.1 Å². The maximum atomic E-state index is 12.8. The first kappa shape index (κ1) is 19.6. The maximum Gasteiger partial charge on any atom is 0.446 e. The zero-order chi connectivity index (χ0) is 18.8. The molecule has 25 heavy (non-hydrogen) atoms. The SMILES string of the molecule is COc1nc(C(C)C)c(Sc2cnc(C)nc2N)cc1SC(F)(F)F. The van der Waals surface area contributed by atoms with Gasteiger partial charge in [0.15, 0.2) is 0 Å². The molecule has 0 radical (unpaired) electrons. The number of ether oxygens (including phenoxy) is 1. The molecule has 0 aliphatic rings. The summed E-state index contributed by atoms with van der Waals surface area (Å²) in [5, 5.41) is 0. The van der Waals surface area contributed by atoms with E-state index < -0.39 is 5.51 Å². The summed E-state index contributed by atoms with van der Waals surface area (Å²) in [5.41, 5.74) is 2.07. The van der Waals surface area contributed by atoms with Crippen molar-refractivity contribution in [3.8, 4) is 5.88 Å². The molecule has 0 saturated carbocycles. The van der Waals surface area contributed by atoms with Crippen LogP contribution in [-0.2, 0) is 0 Å². The van der Waals surface area contributed by atoms with Crippen molar-refractivity contribution in [3.63, 3.8) is 0 Å². The van der Waals surface area contributed by atoms with Crippen molar-refractivity contribution in [3.05, 3.63) is 23.8 Å². The van der Waals surface area contributed by atoms with E-state index in [1.54, 1.807) is 13.1 Å². The van der Waals surface area contributed by atoms with Crippen molar-refractivity contribution in [2.24, 2.45) is 0 Å². The van der Waals surface area contributed by atoms with Crippen molar-refractivity contribution in [2.75, 3.05) is 12.8 Å². The summed E-state index contributed by atoms with van der Waals surface area (Å²) in [6.45, 7) is 5.51. The summed E-state index contributed by atoms with van der Waals surface area (Å²) in [6, 6.07) is 1.42. The molecule has 0 amide bonds. The van der Waals surface area contributed by atoms with Crippen LogP contribution in [0.1, 0.15) is 31.3 Å². The number of hydrogen-bond acceptors (Lipinski definition) is 7. The average Bonchev–Trinajstić information content (AvgIpc) is 2.48. The second-order valence-corrected chi connectivity index (χ2v) is 7.54. The highest BCUT2D eigenvalue weighted by atomic mass is 32.2. The lowest BCUT2D eigenvalue weighted by Gasteiger charge is -2.17. The fourth-order valence-corrected chi connectivity index (χ4v) is 3.76. The molecule has 0 unspecified atom stereocenters. The van der Waals surface area contributed by atoms with Gasteiger partial charge in [-0.05, 0) is 30.7 Å². The van der Waals surface area contributed by atoms with E-state index in [2.05, 4.69) is 15.0 Å². The van der Waals surface area contributed by atoms with Crippen LogP contribution in [0.4, 0.5) is 19.0 Å². The predicted molar refractivity (Wildman–Crippen MR) is 92.1 cm³/mol. The first-order chi connectivity index (χ1) is 11.6. The largest absolute Gasteiger partial charge is 0.480 e. The van der Waals surface area contributed by atoms with Crippen molar-refractivity contribution in [2.45, 2.75) is 46.9 Å². The molecule has 0 spiro atoms. The molecule has 136 valence electrons. The number of methoxy groups -OCH3 is 1. The fraction of sp³-hybridized carbons (Fsp3) is 0.400. The zero-order valence-electron chi connectivity index (χ0n) is 14.0. The highest BCUT2D eigenvalue weighted by molar-refractivity contribution is 8.00. The first-order valence-corrected chi connectivity index (χ1v) is 8.85. The number of hydrogen-bond donors (Lipinski definition) is 1. The molecule has 0 aromatic carbocycles. The maximum absolute atomic E-state index is 12.8. The number of halogens is 3. The van der Waals surface area contributed by atoms with Crippen LogP contribution in [0, 0.1) is 6.92 Å². The number of alkyl halides is 3. The number of nitrogens with two attached hydrogens (primary N) is 1. The molecule has 0 aliphatic heterocycles. The van der Waals surface area contributed by atoms with Crippen LogP contribution in [0.15, 0.2) is 26.9 Å². The van der Waals surface area contributed by atoms with E-state index in [1.807, 2.05) is 13.8 Å². The second kappa shape index (κ2) is 7.69. The standard InChI is InChI=1S/C15H17F3N4OS2/c1-7(2)12-9(24-11-6-20-8(3)21-13(11)19)5-10(14(22-12)23-4)25-15(16,17)18/h5-7H,1-4H3,(H2,19,20,21). The van der Waals surface area contributed by atoms with E-state index in [1.165, 1.54) is 24.9 Å². The molecule has 0 atom stereocenters. The van der Waals surface area contributed by atoms with E-state index in [-0.39, 0.29) is 34.3 Å². The molecule has 0 aliphatic carbocycles. The third-order valence-electron chi connectivity index (χ3n) is 3.04. The van der Waals surface area contributed by atoms with Gasteiger partial charge in [-0.15, -0.1) is 0 Å². The number of aromatic nitrogens is 3. The van der Waals surface area contributed by atoms with Crippen molar-refractivity contribution >= 4 is 29.3 Å². The third-order valence-corrected chi connectivity index (χ3v) is 4.86. The van der Waals surface area contributed by atoms with E-state index in [9.17, 15) is 13.2 Å². The van der Waals surface area contributed by atoms with Crippen LogP contribution in [-0.4, -0.2) is 27.6 Å². The van der Waals surface area contributed by atoms with Gasteiger partial charge in [0.1, 0.15) is 11.6 Å². The Hall–Kier alpha value is -1.68. The molecule has 2 aromatic heterocycles. The first-order valence-electron chi connectivity index (χ1n) is 7.22. The lowest BCUT2D eigenvalue weighted by atomic mass is 10.1. The summed E-state index contributed by atoms with van der Waals surface area (Å²) in [4.78, 5) is 13.4. The van der Waals surface area contributed by atoms with Crippen LogP contribution in [0.25, 0.3) is 0 Å². The van der Waals surface area contributed by atoms with Crippen LogP contribution in [0.2, 0.25) is 0 Å². The Morgan fingerprint density at radius 2 is 1.84 bits per heavy atom. The predicted octanol–water partition coefficient (Wildman–Crippen LogP) is 4.66. The minimum atomic E-state index is -4.44. The molecule has 2 rings (SSSR count). The Balaban J connectivity index is 2.51. The average molecular weight is 390 g/mol. The Morgan fingerprint density at radius 1 is 1.16 bits per heavy atom. The van der Waals surface area contributed by atoms with Gasteiger partial charge in [-0.25, -0.2) is 15.0 Å². The zero-order valence-corrected chi connectivity index (χ0v) is 15.6. The summed E-state index contributed by atoms with van der Waals surface area (Å²) in [7, 11) is 1.30. The Labute approximate surface area is 152 Å². The van der Waals surface area contributed by atoms with Crippen LogP contribution in [0.5, 0.6) is 5.88 Å². The molecule has 2 aromatic rings. The molecule has 5 nitrogen and oxygen atoms in total. The minimum Gasteiger partial charge on any atom is -0.480 e. The van der Waals surface area contributed by atoms with Gasteiger partial charge in [0.2, 0.25) is 5.88 Å². The summed E-state index contributed by atoms with van der Waals surface area (Å²) in [6.07, 6.45) is 1.55. The Morgan fingerprint density at radius 3 is 2.36 bits per heavy atom. The molecule has 10 heteroatoms.